The van der Waals surface area contributed by atoms with Gasteiger partial charge in [-0.25, -0.2) is 4.98 Å². The minimum atomic E-state index is -0.450. The van der Waals surface area contributed by atoms with Crippen LogP contribution in [0.3, 0.4) is 0 Å². The summed E-state index contributed by atoms with van der Waals surface area (Å²) in [5, 5.41) is 0. The van der Waals surface area contributed by atoms with Crippen molar-refractivity contribution in [1.29, 1.82) is 0 Å². The van der Waals surface area contributed by atoms with Gasteiger partial charge in [-0.15, -0.1) is 11.3 Å². The second kappa shape index (κ2) is 2.14. The van der Waals surface area contributed by atoms with E-state index >= 15 is 0 Å². The van der Waals surface area contributed by atoms with Gasteiger partial charge in [0.15, 0.2) is 0 Å². The maximum Gasteiger partial charge on any atom is 0.268 e. The lowest BCUT2D eigenvalue weighted by Gasteiger charge is -1.85. The first-order valence-corrected chi connectivity index (χ1v) is 3.29. The molecule has 0 saturated heterocycles. The van der Waals surface area contributed by atoms with Crippen molar-refractivity contribution in [2.45, 2.75) is 6.92 Å². The zero-order valence-corrected chi connectivity index (χ0v) is 5.73. The number of hydrogen-bond acceptors (Lipinski definition) is 3. The number of aryl methyl sites for hydroxylation is 1. The van der Waals surface area contributed by atoms with Crippen LogP contribution in [0.2, 0.25) is 0 Å². The Bertz CT molecular complexity index is 231. The SMILES string of the molecule is Cc1scnc1C(N)=O. The maximum absolute atomic E-state index is 10.4. The molecule has 9 heavy (non-hydrogen) atoms. The molecule has 0 atom stereocenters. The highest BCUT2D eigenvalue weighted by molar-refractivity contribution is 7.09. The second-order valence-electron chi connectivity index (χ2n) is 1.62. The highest BCUT2D eigenvalue weighted by atomic mass is 32.1. The minimum absolute atomic E-state index is 0.389. The van der Waals surface area contributed by atoms with E-state index in [1.807, 2.05) is 6.92 Å². The molecule has 0 spiro atoms. The molecule has 0 radical (unpaired) electrons. The van der Waals surface area contributed by atoms with Crippen LogP contribution in [0.1, 0.15) is 15.4 Å². The van der Waals surface area contributed by atoms with Crippen LogP contribution in [-0.4, -0.2) is 10.9 Å². The van der Waals surface area contributed by atoms with Crippen LogP contribution in [-0.2, 0) is 0 Å². The van der Waals surface area contributed by atoms with Crippen molar-refractivity contribution < 1.29 is 4.79 Å². The number of nitrogens with zero attached hydrogens (tertiary/aromatic N) is 1. The van der Waals surface area contributed by atoms with E-state index in [0.29, 0.717) is 5.69 Å². The Morgan fingerprint density at radius 2 is 2.56 bits per heavy atom. The number of aromatic nitrogens is 1. The summed E-state index contributed by atoms with van der Waals surface area (Å²) in [5.74, 6) is -0.450. The van der Waals surface area contributed by atoms with E-state index in [2.05, 4.69) is 4.98 Å². The highest BCUT2D eigenvalue weighted by Gasteiger charge is 2.05. The van der Waals surface area contributed by atoms with Crippen molar-refractivity contribution in [3.8, 4) is 0 Å². The maximum atomic E-state index is 10.4. The third-order valence-electron chi connectivity index (χ3n) is 0.978. The van der Waals surface area contributed by atoms with E-state index in [-0.39, 0.29) is 0 Å². The lowest BCUT2D eigenvalue weighted by molar-refractivity contribution is 0.0995. The Morgan fingerprint density at radius 3 is 2.78 bits per heavy atom. The molecule has 1 aromatic heterocycles. The van der Waals surface area contributed by atoms with Crippen LogP contribution in [0.5, 0.6) is 0 Å². The van der Waals surface area contributed by atoms with Crippen molar-refractivity contribution in [3.05, 3.63) is 16.1 Å². The van der Waals surface area contributed by atoms with Crippen LogP contribution in [0.25, 0.3) is 0 Å². The molecule has 1 rings (SSSR count). The molecule has 1 heterocycles. The number of rotatable bonds is 1. The molecule has 0 saturated carbocycles. The van der Waals surface area contributed by atoms with Gasteiger partial charge in [0.25, 0.3) is 5.91 Å². The molecule has 1 aromatic rings. The van der Waals surface area contributed by atoms with Crippen LogP contribution >= 0.6 is 11.3 Å². The molecule has 0 bridgehead atoms. The van der Waals surface area contributed by atoms with Gasteiger partial charge in [-0.1, -0.05) is 0 Å². The minimum Gasteiger partial charge on any atom is -0.364 e. The number of amides is 1. The zero-order chi connectivity index (χ0) is 6.85. The van der Waals surface area contributed by atoms with Gasteiger partial charge in [0.05, 0.1) is 5.51 Å². The van der Waals surface area contributed by atoms with Crippen LogP contribution in [0, 0.1) is 6.92 Å². The summed E-state index contributed by atoms with van der Waals surface area (Å²) in [6.07, 6.45) is 0. The normalized spacial score (nSPS) is 9.44. The summed E-state index contributed by atoms with van der Waals surface area (Å²) >= 11 is 1.42. The van der Waals surface area contributed by atoms with Crippen molar-refractivity contribution in [2.75, 3.05) is 0 Å². The molecule has 0 fully saturated rings. The van der Waals surface area contributed by atoms with E-state index in [9.17, 15) is 4.79 Å². The first-order chi connectivity index (χ1) is 4.22. The Balaban J connectivity index is 3.08. The standard InChI is InChI=1S/C5H6N2OS/c1-3-4(5(6)8)7-2-9-3/h2H,1H3,(H2,6,8). The molecule has 0 aromatic carbocycles. The third-order valence-corrected chi connectivity index (χ3v) is 1.74. The average Bonchev–Trinajstić information content (AvgIpc) is 2.13. The summed E-state index contributed by atoms with van der Waals surface area (Å²) in [6.45, 7) is 1.82. The molecule has 0 unspecified atom stereocenters. The molecule has 1 amide bonds. The van der Waals surface area contributed by atoms with Crippen molar-refractivity contribution in [2.24, 2.45) is 5.73 Å². The average molecular weight is 142 g/mol. The largest absolute Gasteiger partial charge is 0.364 e. The molecule has 4 heteroatoms. The summed E-state index contributed by atoms with van der Waals surface area (Å²) in [6, 6.07) is 0. The van der Waals surface area contributed by atoms with Gasteiger partial charge in [-0.2, -0.15) is 0 Å². The lowest BCUT2D eigenvalue weighted by atomic mass is 10.4. The molecule has 2 N–H and O–H groups in total. The Labute approximate surface area is 56.5 Å². The van der Waals surface area contributed by atoms with Gasteiger partial charge in [0.1, 0.15) is 5.69 Å². The van der Waals surface area contributed by atoms with Crippen molar-refractivity contribution >= 4 is 17.2 Å². The van der Waals surface area contributed by atoms with Crippen LogP contribution in [0.15, 0.2) is 5.51 Å². The van der Waals surface area contributed by atoms with Gasteiger partial charge >= 0.3 is 0 Å². The number of nitrogens with two attached hydrogens (primary N) is 1. The Kier molecular flexibility index (Phi) is 1.48. The summed E-state index contributed by atoms with van der Waals surface area (Å²) in [5.41, 5.74) is 6.96. The fraction of sp³-hybridized carbons (Fsp3) is 0.200. The van der Waals surface area contributed by atoms with E-state index in [1.165, 1.54) is 11.3 Å². The van der Waals surface area contributed by atoms with E-state index in [1.54, 1.807) is 5.51 Å². The number of carbonyl (C=O) groups excluding carboxylic acids is 1. The first-order valence-electron chi connectivity index (χ1n) is 2.41. The van der Waals surface area contributed by atoms with Gasteiger partial charge < -0.3 is 5.73 Å². The number of carbonyl (C=O) groups is 1. The molecule has 48 valence electrons. The van der Waals surface area contributed by atoms with Crippen LogP contribution < -0.4 is 5.73 Å². The van der Waals surface area contributed by atoms with Gasteiger partial charge in [-0.3, -0.25) is 4.79 Å². The van der Waals surface area contributed by atoms with E-state index in [4.69, 9.17) is 5.73 Å². The monoisotopic (exact) mass is 142 g/mol. The molecule has 0 aliphatic heterocycles. The fourth-order valence-corrected chi connectivity index (χ4v) is 1.12. The fourth-order valence-electron chi connectivity index (χ4n) is 0.542. The smallest absolute Gasteiger partial charge is 0.268 e. The summed E-state index contributed by atoms with van der Waals surface area (Å²) in [4.78, 5) is 15.1. The van der Waals surface area contributed by atoms with Crippen molar-refractivity contribution in [1.82, 2.24) is 4.98 Å². The quantitative estimate of drug-likeness (QED) is 0.622. The van der Waals surface area contributed by atoms with Gasteiger partial charge in [0.2, 0.25) is 0 Å². The number of primary amides is 1. The van der Waals surface area contributed by atoms with E-state index in [0.717, 1.165) is 4.88 Å². The Hall–Kier alpha value is -0.900. The number of thiazole rings is 1. The highest BCUT2D eigenvalue weighted by Crippen LogP contribution is 2.09. The molecule has 3 nitrogen and oxygen atoms in total. The first kappa shape index (κ1) is 6.22. The second-order valence-corrected chi connectivity index (χ2v) is 2.68. The van der Waals surface area contributed by atoms with Crippen molar-refractivity contribution in [3.63, 3.8) is 0 Å². The van der Waals surface area contributed by atoms with Crippen LogP contribution in [0.4, 0.5) is 0 Å². The molecular weight excluding hydrogens is 136 g/mol. The summed E-state index contributed by atoms with van der Waals surface area (Å²) in [7, 11) is 0. The Morgan fingerprint density at radius 1 is 1.89 bits per heavy atom. The predicted molar refractivity (Wildman–Crippen MR) is 35.4 cm³/mol. The predicted octanol–water partition coefficient (Wildman–Crippen LogP) is 0.550. The van der Waals surface area contributed by atoms with E-state index < -0.39 is 5.91 Å². The molecular formula is C5H6N2OS. The summed E-state index contributed by atoms with van der Waals surface area (Å²) < 4.78 is 0. The third kappa shape index (κ3) is 1.08. The topological polar surface area (TPSA) is 56.0 Å². The lowest BCUT2D eigenvalue weighted by Crippen LogP contribution is -2.12. The zero-order valence-electron chi connectivity index (χ0n) is 4.92. The molecule has 0 aliphatic carbocycles. The number of hydrogen-bond donors (Lipinski definition) is 1. The van der Waals surface area contributed by atoms with Gasteiger partial charge in [0, 0.05) is 4.88 Å². The molecule has 0 aliphatic rings. The van der Waals surface area contributed by atoms with Gasteiger partial charge in [-0.05, 0) is 6.92 Å².